The van der Waals surface area contributed by atoms with E-state index < -0.39 is 0 Å². The van der Waals surface area contributed by atoms with E-state index in [1.807, 2.05) is 25.1 Å². The van der Waals surface area contributed by atoms with Crippen molar-refractivity contribution in [1.82, 2.24) is 0 Å². The number of hydrazone groups is 1. The van der Waals surface area contributed by atoms with Gasteiger partial charge < -0.3 is 5.32 Å². The third-order valence-electron chi connectivity index (χ3n) is 3.32. The Morgan fingerprint density at radius 1 is 1.09 bits per heavy atom. The fraction of sp³-hybridized carbons (Fsp3) is 0.118. The van der Waals surface area contributed by atoms with Gasteiger partial charge in [0.1, 0.15) is 0 Å². The Morgan fingerprint density at radius 3 is 2.36 bits per heavy atom. The highest BCUT2D eigenvalue weighted by Gasteiger charge is 2.22. The standard InChI is InChI=1S/C17H15N3O2/c1-12-11-16(21)20(19-12)15-9-7-14(8-10-15)18-17(22)13-5-3-2-4-6-13/h2-10H,11H2,1H3,(H,18,22). The fourth-order valence-electron chi connectivity index (χ4n) is 2.24. The number of amides is 2. The van der Waals surface area contributed by atoms with Gasteiger partial charge in [0, 0.05) is 17.0 Å². The van der Waals surface area contributed by atoms with Crippen molar-refractivity contribution in [3.63, 3.8) is 0 Å². The molecule has 0 unspecified atom stereocenters. The van der Waals surface area contributed by atoms with Crippen LogP contribution >= 0.6 is 0 Å². The number of nitrogens with zero attached hydrogens (tertiary/aromatic N) is 2. The van der Waals surface area contributed by atoms with E-state index in [1.165, 1.54) is 5.01 Å². The van der Waals surface area contributed by atoms with E-state index in [-0.39, 0.29) is 11.8 Å². The molecule has 5 heteroatoms. The highest BCUT2D eigenvalue weighted by atomic mass is 16.2. The van der Waals surface area contributed by atoms with Crippen molar-refractivity contribution in [3.05, 3.63) is 60.2 Å². The largest absolute Gasteiger partial charge is 0.322 e. The molecule has 0 bridgehead atoms. The summed E-state index contributed by atoms with van der Waals surface area (Å²) in [6.45, 7) is 1.83. The molecule has 3 rings (SSSR count). The lowest BCUT2D eigenvalue weighted by molar-refractivity contribution is -0.116. The minimum atomic E-state index is -0.167. The second-order valence-corrected chi connectivity index (χ2v) is 5.08. The maximum atomic E-state index is 12.1. The quantitative estimate of drug-likeness (QED) is 0.945. The molecule has 1 aliphatic heterocycles. The van der Waals surface area contributed by atoms with Gasteiger partial charge in [0.05, 0.1) is 12.1 Å². The molecule has 2 aromatic carbocycles. The van der Waals surface area contributed by atoms with E-state index >= 15 is 0 Å². The van der Waals surface area contributed by atoms with Gasteiger partial charge >= 0.3 is 0 Å². The molecule has 0 saturated carbocycles. The number of benzene rings is 2. The highest BCUT2D eigenvalue weighted by Crippen LogP contribution is 2.22. The summed E-state index contributed by atoms with van der Waals surface area (Å²) < 4.78 is 0. The lowest BCUT2D eigenvalue weighted by Crippen LogP contribution is -2.19. The Morgan fingerprint density at radius 2 is 1.77 bits per heavy atom. The third-order valence-corrected chi connectivity index (χ3v) is 3.32. The van der Waals surface area contributed by atoms with Crippen molar-refractivity contribution in [2.75, 3.05) is 10.3 Å². The van der Waals surface area contributed by atoms with Gasteiger partial charge in [-0.3, -0.25) is 9.59 Å². The van der Waals surface area contributed by atoms with Crippen LogP contribution in [0.25, 0.3) is 0 Å². The first-order valence-corrected chi connectivity index (χ1v) is 6.97. The van der Waals surface area contributed by atoms with Crippen LogP contribution in [0.1, 0.15) is 23.7 Å². The van der Waals surface area contributed by atoms with Crippen LogP contribution in [0.15, 0.2) is 59.7 Å². The van der Waals surface area contributed by atoms with Gasteiger partial charge in [-0.1, -0.05) is 18.2 Å². The monoisotopic (exact) mass is 293 g/mol. The average Bonchev–Trinajstić information content (AvgIpc) is 2.87. The molecule has 22 heavy (non-hydrogen) atoms. The van der Waals surface area contributed by atoms with Crippen molar-refractivity contribution in [2.24, 2.45) is 5.10 Å². The number of anilines is 2. The SMILES string of the molecule is CC1=NN(c2ccc(NC(=O)c3ccccc3)cc2)C(=O)C1. The summed E-state index contributed by atoms with van der Waals surface area (Å²) in [7, 11) is 0. The second kappa shape index (κ2) is 5.81. The van der Waals surface area contributed by atoms with Crippen LogP contribution in [0.4, 0.5) is 11.4 Å². The van der Waals surface area contributed by atoms with Crippen molar-refractivity contribution in [1.29, 1.82) is 0 Å². The van der Waals surface area contributed by atoms with Crippen LogP contribution in [-0.4, -0.2) is 17.5 Å². The smallest absolute Gasteiger partial charge is 0.255 e. The van der Waals surface area contributed by atoms with Gasteiger partial charge in [-0.05, 0) is 43.3 Å². The predicted molar refractivity (Wildman–Crippen MR) is 86.0 cm³/mol. The predicted octanol–water partition coefficient (Wildman–Crippen LogP) is 3.05. The lowest BCUT2D eigenvalue weighted by atomic mass is 10.2. The molecule has 1 heterocycles. The first kappa shape index (κ1) is 14.0. The molecule has 0 radical (unpaired) electrons. The molecule has 0 saturated heterocycles. The molecule has 2 aromatic rings. The van der Waals surface area contributed by atoms with Crippen LogP contribution in [0.3, 0.4) is 0 Å². The summed E-state index contributed by atoms with van der Waals surface area (Å²) in [5.41, 5.74) is 2.76. The summed E-state index contributed by atoms with van der Waals surface area (Å²) in [5, 5.41) is 8.40. The van der Waals surface area contributed by atoms with Crippen LogP contribution in [-0.2, 0) is 4.79 Å². The fourth-order valence-corrected chi connectivity index (χ4v) is 2.24. The zero-order valence-corrected chi connectivity index (χ0v) is 12.1. The van der Waals surface area contributed by atoms with Gasteiger partial charge in [0.25, 0.3) is 11.8 Å². The molecule has 0 fully saturated rings. The van der Waals surface area contributed by atoms with E-state index in [0.717, 1.165) is 5.71 Å². The Bertz CT molecular complexity index is 736. The number of nitrogens with one attached hydrogen (secondary N) is 1. The van der Waals surface area contributed by atoms with E-state index in [1.54, 1.807) is 36.4 Å². The Labute approximate surface area is 128 Å². The van der Waals surface area contributed by atoms with E-state index in [0.29, 0.717) is 23.4 Å². The molecule has 1 N–H and O–H groups in total. The molecule has 2 amide bonds. The van der Waals surface area contributed by atoms with Crippen molar-refractivity contribution in [2.45, 2.75) is 13.3 Å². The maximum absolute atomic E-state index is 12.1. The lowest BCUT2D eigenvalue weighted by Gasteiger charge is -2.12. The Balaban J connectivity index is 1.72. The topological polar surface area (TPSA) is 61.8 Å². The van der Waals surface area contributed by atoms with Gasteiger partial charge in [-0.15, -0.1) is 0 Å². The van der Waals surface area contributed by atoms with Crippen molar-refractivity contribution >= 4 is 28.9 Å². The van der Waals surface area contributed by atoms with Gasteiger partial charge in [-0.2, -0.15) is 5.10 Å². The number of hydrogen-bond donors (Lipinski definition) is 1. The first-order chi connectivity index (χ1) is 10.6. The average molecular weight is 293 g/mol. The van der Waals surface area contributed by atoms with E-state index in [9.17, 15) is 9.59 Å². The summed E-state index contributed by atoms with van der Waals surface area (Å²) >= 11 is 0. The molecular weight excluding hydrogens is 278 g/mol. The number of carbonyl (C=O) groups is 2. The summed E-state index contributed by atoms with van der Waals surface area (Å²) in [5.74, 6) is -0.210. The third kappa shape index (κ3) is 2.88. The van der Waals surface area contributed by atoms with Gasteiger partial charge in [0.2, 0.25) is 0 Å². The Kier molecular flexibility index (Phi) is 3.70. The number of hydrogen-bond acceptors (Lipinski definition) is 3. The molecule has 0 spiro atoms. The van der Waals surface area contributed by atoms with Crippen LogP contribution < -0.4 is 10.3 Å². The maximum Gasteiger partial charge on any atom is 0.255 e. The molecule has 0 aliphatic carbocycles. The van der Waals surface area contributed by atoms with Gasteiger partial charge in [-0.25, -0.2) is 5.01 Å². The zero-order chi connectivity index (χ0) is 15.5. The van der Waals surface area contributed by atoms with E-state index in [2.05, 4.69) is 10.4 Å². The van der Waals surface area contributed by atoms with Gasteiger partial charge in [0.15, 0.2) is 0 Å². The van der Waals surface area contributed by atoms with Crippen molar-refractivity contribution < 1.29 is 9.59 Å². The summed E-state index contributed by atoms with van der Waals surface area (Å²) in [4.78, 5) is 23.8. The van der Waals surface area contributed by atoms with E-state index in [4.69, 9.17) is 0 Å². The van der Waals surface area contributed by atoms with Crippen molar-refractivity contribution in [3.8, 4) is 0 Å². The minimum Gasteiger partial charge on any atom is -0.322 e. The Hall–Kier alpha value is -2.95. The van der Waals surface area contributed by atoms with Crippen LogP contribution in [0.5, 0.6) is 0 Å². The molecular formula is C17H15N3O2. The second-order valence-electron chi connectivity index (χ2n) is 5.08. The number of carbonyl (C=O) groups excluding carboxylic acids is 2. The molecule has 0 aromatic heterocycles. The summed E-state index contributed by atoms with van der Waals surface area (Å²) in [6.07, 6.45) is 0.354. The first-order valence-electron chi connectivity index (χ1n) is 6.97. The summed E-state index contributed by atoms with van der Waals surface area (Å²) in [6, 6.07) is 16.0. The minimum absolute atomic E-state index is 0.0430. The van der Waals surface area contributed by atoms with Crippen LogP contribution in [0, 0.1) is 0 Å². The van der Waals surface area contributed by atoms with Crippen LogP contribution in [0.2, 0.25) is 0 Å². The molecule has 1 aliphatic rings. The normalized spacial score (nSPS) is 14.0. The molecule has 0 atom stereocenters. The molecule has 110 valence electrons. The number of rotatable bonds is 3. The zero-order valence-electron chi connectivity index (χ0n) is 12.1. The highest BCUT2D eigenvalue weighted by molar-refractivity contribution is 6.12. The molecule has 5 nitrogen and oxygen atoms in total.